The Morgan fingerprint density at radius 1 is 1.00 bits per heavy atom. The fourth-order valence-corrected chi connectivity index (χ4v) is 6.14. The van der Waals surface area contributed by atoms with Crippen LogP contribution < -0.4 is 25.4 Å². The van der Waals surface area contributed by atoms with Gasteiger partial charge in [0.1, 0.15) is 17.4 Å². The lowest BCUT2D eigenvalue weighted by atomic mass is 9.91. The van der Waals surface area contributed by atoms with Crippen molar-refractivity contribution in [2.45, 2.75) is 45.3 Å². The Bertz CT molecular complexity index is 1920. The standard InChI is InChI=1S/C34H36F2N6O5S.ClH/c1-21-15-28(41-48(3,45)46)9-11-32(21)47-33-12-7-23(19-37-33)20-42-14-13-27(18-31(42)24-5-4-6-25(35)16-24)40-34(44)39-26-8-10-29(36)30(17-26)38-22(2)43;/h4-12,15-17,19,27,31,41H,13-14,18,20H2,1-3H3,(H,38,43)(H2,39,40,44);1H. The van der Waals surface area contributed by atoms with Crippen LogP contribution >= 0.6 is 12.4 Å². The average molecular weight is 715 g/mol. The van der Waals surface area contributed by atoms with Crippen LogP contribution in [0.15, 0.2) is 79.0 Å². The van der Waals surface area contributed by atoms with Gasteiger partial charge in [-0.3, -0.25) is 14.4 Å². The summed E-state index contributed by atoms with van der Waals surface area (Å²) in [5.41, 5.74) is 3.12. The van der Waals surface area contributed by atoms with Crippen molar-refractivity contribution in [2.24, 2.45) is 0 Å². The second-order valence-corrected chi connectivity index (χ2v) is 13.4. The van der Waals surface area contributed by atoms with Gasteiger partial charge in [-0.2, -0.15) is 0 Å². The number of sulfonamides is 1. The van der Waals surface area contributed by atoms with Crippen molar-refractivity contribution in [3.63, 3.8) is 0 Å². The van der Waals surface area contributed by atoms with Crippen molar-refractivity contribution in [2.75, 3.05) is 28.2 Å². The first-order chi connectivity index (χ1) is 22.8. The van der Waals surface area contributed by atoms with E-state index in [0.717, 1.165) is 29.0 Å². The summed E-state index contributed by atoms with van der Waals surface area (Å²) in [6.07, 6.45) is 3.93. The molecule has 2 heterocycles. The van der Waals surface area contributed by atoms with Crippen LogP contribution in [0.1, 0.15) is 42.5 Å². The molecule has 49 heavy (non-hydrogen) atoms. The van der Waals surface area contributed by atoms with Crippen LogP contribution in [0.4, 0.5) is 30.6 Å². The van der Waals surface area contributed by atoms with E-state index in [4.69, 9.17) is 4.74 Å². The largest absolute Gasteiger partial charge is 0.439 e. The molecule has 1 saturated heterocycles. The number of carbonyl (C=O) groups is 2. The quantitative estimate of drug-likeness (QED) is 0.143. The lowest BCUT2D eigenvalue weighted by molar-refractivity contribution is -0.114. The summed E-state index contributed by atoms with van der Waals surface area (Å²) in [7, 11) is -3.40. The number of piperidine rings is 1. The fraction of sp³-hybridized carbons (Fsp3) is 0.265. The molecule has 0 radical (unpaired) electrons. The molecule has 15 heteroatoms. The summed E-state index contributed by atoms with van der Waals surface area (Å²) in [6, 6.07) is 18.0. The van der Waals surface area contributed by atoms with Gasteiger partial charge in [0, 0.05) is 55.7 Å². The van der Waals surface area contributed by atoms with Gasteiger partial charge in [0.25, 0.3) is 0 Å². The highest BCUT2D eigenvalue weighted by atomic mass is 35.5. The van der Waals surface area contributed by atoms with Crippen LogP contribution in [-0.4, -0.2) is 49.1 Å². The molecule has 1 aliphatic heterocycles. The lowest BCUT2D eigenvalue weighted by Crippen LogP contribution is -2.47. The van der Waals surface area contributed by atoms with E-state index in [1.807, 2.05) is 12.1 Å². The third-order valence-electron chi connectivity index (χ3n) is 7.69. The molecule has 11 nitrogen and oxygen atoms in total. The molecule has 0 bridgehead atoms. The summed E-state index contributed by atoms with van der Waals surface area (Å²) >= 11 is 0. The van der Waals surface area contributed by atoms with Crippen LogP contribution in [0.5, 0.6) is 11.6 Å². The summed E-state index contributed by atoms with van der Waals surface area (Å²) in [4.78, 5) is 30.9. The number of ether oxygens (including phenoxy) is 1. The Labute approximate surface area is 289 Å². The maximum Gasteiger partial charge on any atom is 0.319 e. The molecular weight excluding hydrogens is 678 g/mol. The first-order valence-corrected chi connectivity index (χ1v) is 17.1. The Balaban J connectivity index is 0.00000541. The smallest absolute Gasteiger partial charge is 0.319 e. The zero-order chi connectivity index (χ0) is 34.4. The van der Waals surface area contributed by atoms with Gasteiger partial charge in [0.15, 0.2) is 0 Å². The lowest BCUT2D eigenvalue weighted by Gasteiger charge is -2.40. The third-order valence-corrected chi connectivity index (χ3v) is 8.30. The number of aryl methyl sites for hydroxylation is 1. The highest BCUT2D eigenvalue weighted by Crippen LogP contribution is 2.33. The Morgan fingerprint density at radius 3 is 2.45 bits per heavy atom. The first kappa shape index (κ1) is 37.0. The maximum atomic E-state index is 14.3. The van der Waals surface area contributed by atoms with Gasteiger partial charge in [-0.25, -0.2) is 27.0 Å². The van der Waals surface area contributed by atoms with Gasteiger partial charge in [-0.1, -0.05) is 18.2 Å². The van der Waals surface area contributed by atoms with Crippen LogP contribution in [0.25, 0.3) is 0 Å². The molecule has 2 atom stereocenters. The molecule has 260 valence electrons. The number of hydrogen-bond donors (Lipinski definition) is 4. The van der Waals surface area contributed by atoms with Gasteiger partial charge >= 0.3 is 6.03 Å². The topological polar surface area (TPSA) is 142 Å². The zero-order valence-corrected chi connectivity index (χ0v) is 28.6. The molecule has 2 unspecified atom stereocenters. The summed E-state index contributed by atoms with van der Waals surface area (Å²) < 4.78 is 59.8. The van der Waals surface area contributed by atoms with Crippen molar-refractivity contribution >= 4 is 51.4 Å². The first-order valence-electron chi connectivity index (χ1n) is 15.2. The van der Waals surface area contributed by atoms with Gasteiger partial charge in [-0.05, 0) is 85.0 Å². The van der Waals surface area contributed by atoms with E-state index in [-0.39, 0.29) is 36.0 Å². The van der Waals surface area contributed by atoms with Crippen LogP contribution in [0.3, 0.4) is 0 Å². The van der Waals surface area contributed by atoms with Crippen molar-refractivity contribution in [1.29, 1.82) is 0 Å². The van der Waals surface area contributed by atoms with E-state index in [0.29, 0.717) is 48.9 Å². The molecule has 3 amide bonds. The Kier molecular flexibility index (Phi) is 12.1. The SMILES string of the molecule is CC(=O)Nc1cc(NC(=O)NC2CCN(Cc3ccc(Oc4ccc(NS(C)(=O)=O)cc4C)nc3)C(c3cccc(F)c3)C2)ccc1F.Cl. The molecule has 1 fully saturated rings. The second kappa shape index (κ2) is 16.1. The number of benzene rings is 3. The highest BCUT2D eigenvalue weighted by Gasteiger charge is 2.31. The molecule has 0 aliphatic carbocycles. The van der Waals surface area contributed by atoms with Gasteiger partial charge < -0.3 is 20.7 Å². The third kappa shape index (κ3) is 10.6. The molecule has 4 aromatic rings. The van der Waals surface area contributed by atoms with Crippen LogP contribution in [-0.2, 0) is 21.4 Å². The molecule has 1 aromatic heterocycles. The molecule has 0 spiro atoms. The van der Waals surface area contributed by atoms with Gasteiger partial charge in [-0.15, -0.1) is 12.4 Å². The molecule has 3 aromatic carbocycles. The van der Waals surface area contributed by atoms with Gasteiger partial charge in [0.2, 0.25) is 21.8 Å². The van der Waals surface area contributed by atoms with E-state index in [9.17, 15) is 26.8 Å². The minimum absolute atomic E-state index is 0. The fourth-order valence-electron chi connectivity index (χ4n) is 5.59. The number of rotatable bonds is 10. The maximum absolute atomic E-state index is 14.3. The van der Waals surface area contributed by atoms with E-state index in [2.05, 4.69) is 30.6 Å². The number of likely N-dealkylation sites (tertiary alicyclic amines) is 1. The van der Waals surface area contributed by atoms with E-state index >= 15 is 0 Å². The number of anilines is 3. The summed E-state index contributed by atoms with van der Waals surface area (Å²) in [6.45, 7) is 4.18. The highest BCUT2D eigenvalue weighted by molar-refractivity contribution is 7.92. The van der Waals surface area contributed by atoms with Crippen molar-refractivity contribution in [1.82, 2.24) is 15.2 Å². The second-order valence-electron chi connectivity index (χ2n) is 11.7. The molecule has 5 rings (SSSR count). The number of urea groups is 1. The predicted octanol–water partition coefficient (Wildman–Crippen LogP) is 6.74. The van der Waals surface area contributed by atoms with Crippen molar-refractivity contribution in [3.8, 4) is 11.6 Å². The molecule has 1 aliphatic rings. The number of aromatic nitrogens is 1. The predicted molar refractivity (Wildman–Crippen MR) is 187 cm³/mol. The average Bonchev–Trinajstić information content (AvgIpc) is 3.01. The van der Waals surface area contributed by atoms with Crippen molar-refractivity contribution in [3.05, 3.63) is 107 Å². The summed E-state index contributed by atoms with van der Waals surface area (Å²) in [5.74, 6) is -0.511. The Morgan fingerprint density at radius 2 is 1.78 bits per heavy atom. The van der Waals surface area contributed by atoms with E-state index < -0.39 is 27.8 Å². The molecule has 4 N–H and O–H groups in total. The number of nitrogens with one attached hydrogen (secondary N) is 4. The number of halogens is 3. The monoisotopic (exact) mass is 714 g/mol. The minimum Gasteiger partial charge on any atom is -0.439 e. The number of nitrogens with zero attached hydrogens (tertiary/aromatic N) is 2. The Hall–Kier alpha value is -4.79. The normalized spacial score (nSPS) is 16.2. The molecular formula is C34H37ClF2N6O5S. The van der Waals surface area contributed by atoms with Crippen molar-refractivity contribution < 1.29 is 31.5 Å². The zero-order valence-electron chi connectivity index (χ0n) is 27.0. The van der Waals surface area contributed by atoms with Gasteiger partial charge in [0.05, 0.1) is 11.9 Å². The van der Waals surface area contributed by atoms with Crippen LogP contribution in [0.2, 0.25) is 0 Å². The number of carbonyl (C=O) groups excluding carboxylic acids is 2. The minimum atomic E-state index is -3.40. The van der Waals surface area contributed by atoms with E-state index in [1.165, 1.54) is 31.2 Å². The number of hydrogen-bond acceptors (Lipinski definition) is 7. The number of amides is 3. The molecule has 0 saturated carbocycles. The number of pyridine rings is 1. The summed E-state index contributed by atoms with van der Waals surface area (Å²) in [5, 5.41) is 8.06. The van der Waals surface area contributed by atoms with E-state index in [1.54, 1.807) is 43.5 Å². The van der Waals surface area contributed by atoms with Crippen LogP contribution in [0, 0.1) is 18.6 Å².